The van der Waals surface area contributed by atoms with Gasteiger partial charge in [0.05, 0.1) is 22.1 Å². The molecule has 2 aromatic heterocycles. The number of aryl methyl sites for hydroxylation is 2. The molecule has 0 spiro atoms. The lowest BCUT2D eigenvalue weighted by molar-refractivity contribution is -0.133. The number of hydrogen-bond acceptors (Lipinski definition) is 10. The van der Waals surface area contributed by atoms with Crippen molar-refractivity contribution in [2.75, 3.05) is 26.2 Å². The van der Waals surface area contributed by atoms with Gasteiger partial charge in [0.25, 0.3) is 0 Å². The highest BCUT2D eigenvalue weighted by Gasteiger charge is 2.33. The number of amides is 4. The fourth-order valence-electron chi connectivity index (χ4n) is 12.0. The van der Waals surface area contributed by atoms with Gasteiger partial charge in [-0.05, 0) is 157 Å². The number of fused-ring (bicyclic) bond motifs is 2. The minimum absolute atomic E-state index is 0.0490. The van der Waals surface area contributed by atoms with Gasteiger partial charge in [-0.3, -0.25) is 9.59 Å². The molecule has 2 aliphatic heterocycles. The third-order valence-corrected chi connectivity index (χ3v) is 17.0. The zero-order valence-corrected chi connectivity index (χ0v) is 56.6. The van der Waals surface area contributed by atoms with E-state index in [9.17, 15) is 19.2 Å². The van der Waals surface area contributed by atoms with E-state index in [1.54, 1.807) is 24.3 Å². The van der Waals surface area contributed by atoms with Crippen LogP contribution in [0.5, 0.6) is 0 Å². The van der Waals surface area contributed by atoms with Crippen molar-refractivity contribution in [1.82, 2.24) is 39.5 Å². The molecule has 4 heterocycles. The number of nitrogens with zero attached hydrogens (tertiary/aromatic N) is 6. The predicted molar refractivity (Wildman–Crippen MR) is 372 cm³/mol. The van der Waals surface area contributed by atoms with Gasteiger partial charge >= 0.3 is 19.3 Å². The first-order valence-electron chi connectivity index (χ1n) is 32.9. The maximum absolute atomic E-state index is 13.8. The molecule has 6 aromatic carbocycles. The van der Waals surface area contributed by atoms with Crippen LogP contribution in [0.3, 0.4) is 0 Å². The van der Waals surface area contributed by atoms with Crippen molar-refractivity contribution in [3.8, 4) is 11.1 Å². The van der Waals surface area contributed by atoms with Crippen LogP contribution in [0.15, 0.2) is 162 Å². The second-order valence-electron chi connectivity index (χ2n) is 26.3. The quantitative estimate of drug-likeness (QED) is 0.0534. The summed E-state index contributed by atoms with van der Waals surface area (Å²) < 4.78 is 16.8. The highest BCUT2D eigenvalue weighted by molar-refractivity contribution is 9.10. The number of hydrogen-bond donors (Lipinski definition) is 4. The van der Waals surface area contributed by atoms with Crippen molar-refractivity contribution in [3.05, 3.63) is 185 Å². The normalized spacial score (nSPS) is 15.7. The van der Waals surface area contributed by atoms with Crippen LogP contribution in [-0.2, 0) is 45.0 Å². The Morgan fingerprint density at radius 1 is 0.554 bits per heavy atom. The molecule has 0 bridgehead atoms. The fraction of sp³-hybridized carbons (Fsp3) is 0.432. The molecule has 8 aromatic rings. The number of alkyl carbamates (subject to hydrolysis) is 2. The van der Waals surface area contributed by atoms with Gasteiger partial charge in [0.2, 0.25) is 11.8 Å². The Morgan fingerprint density at radius 2 is 0.946 bits per heavy atom. The Balaban J connectivity index is 0.000000209. The van der Waals surface area contributed by atoms with E-state index in [1.807, 2.05) is 112 Å². The molecule has 0 radical (unpaired) electrons. The number of ether oxygens (including phenoxy) is 2. The molecule has 4 amide bonds. The lowest BCUT2D eigenvalue weighted by Crippen LogP contribution is -2.46. The lowest BCUT2D eigenvalue weighted by atomic mass is 9.81. The molecule has 2 aliphatic rings. The summed E-state index contributed by atoms with van der Waals surface area (Å²) in [5.74, 6) is 2.64. The number of piperidine rings is 2. The summed E-state index contributed by atoms with van der Waals surface area (Å²) in [6.45, 7) is 20.0. The molecule has 0 aliphatic carbocycles. The number of benzene rings is 6. The average Bonchev–Trinajstić information content (AvgIpc) is 1.64. The molecule has 4 atom stereocenters. The zero-order chi connectivity index (χ0) is 65.8. The van der Waals surface area contributed by atoms with Crippen LogP contribution < -0.4 is 16.1 Å². The standard InChI is InChI=1S/C37H46N4O3.C31H41BrN4O3.C6H7BO2/c1-5-6-23-41-33-17-11-10-16-32(33)39-35(41)30-15-12-22-40(26-30)34(42)25-31(38-36(43)44-37(2,3)4)24-27-18-20-29(21-19-27)28-13-8-7-9-14-28;1-5-6-18-36-27-12-8-7-11-26(27)34-29(36)23-10-9-17-35(21-23)28(37)20-25(33-30(38)39-31(2,3)4)19-22-13-15-24(32)16-14-22;8-7(9)6-4-2-1-3-5-6/h7-11,13-14,16-21,30-31H,5-6,12,15,22-26H2,1-4H3,(H,38,43);7-8,11-16,23,25H,5-6,9-10,17-21H2,1-4H3,(H,33,38);1-5,8-9H/t30-,31-;23-,25-;/m11./s1. The smallest absolute Gasteiger partial charge is 0.444 e. The second-order valence-corrected chi connectivity index (χ2v) is 27.2. The third-order valence-electron chi connectivity index (χ3n) is 16.4. The Labute approximate surface area is 552 Å². The van der Waals surface area contributed by atoms with E-state index in [1.165, 1.54) is 11.0 Å². The summed E-state index contributed by atoms with van der Waals surface area (Å²) in [6, 6.07) is 51.1. The molecule has 18 heteroatoms. The molecule has 4 N–H and O–H groups in total. The number of aromatic nitrogens is 4. The maximum atomic E-state index is 13.8. The predicted octanol–water partition coefficient (Wildman–Crippen LogP) is 13.9. The molecule has 2 fully saturated rings. The number of nitrogens with one attached hydrogen (secondary N) is 2. The molecule has 488 valence electrons. The van der Waals surface area contributed by atoms with Crippen molar-refractivity contribution in [2.45, 2.75) is 181 Å². The van der Waals surface area contributed by atoms with Crippen molar-refractivity contribution in [3.63, 3.8) is 0 Å². The van der Waals surface area contributed by atoms with Gasteiger partial charge in [0, 0.05) is 80.5 Å². The number of para-hydroxylation sites is 4. The van der Waals surface area contributed by atoms with Gasteiger partial charge < -0.3 is 49.1 Å². The van der Waals surface area contributed by atoms with Crippen LogP contribution in [0.4, 0.5) is 9.59 Å². The van der Waals surface area contributed by atoms with Crippen molar-refractivity contribution >= 4 is 74.6 Å². The first-order valence-corrected chi connectivity index (χ1v) is 33.7. The average molecular weight is 1310 g/mol. The summed E-state index contributed by atoms with van der Waals surface area (Å²) in [7, 11) is -1.34. The van der Waals surface area contributed by atoms with Crippen molar-refractivity contribution in [2.24, 2.45) is 0 Å². The largest absolute Gasteiger partial charge is 0.488 e. The Kier molecular flexibility index (Phi) is 25.7. The molecule has 2 saturated heterocycles. The maximum Gasteiger partial charge on any atom is 0.488 e. The van der Waals surface area contributed by atoms with Crippen LogP contribution in [0.1, 0.15) is 154 Å². The van der Waals surface area contributed by atoms with Crippen molar-refractivity contribution in [1.29, 1.82) is 0 Å². The highest BCUT2D eigenvalue weighted by Crippen LogP contribution is 2.33. The molecular formula is C74H94BBrN8O8. The van der Waals surface area contributed by atoms with Gasteiger partial charge in [-0.2, -0.15) is 0 Å². The van der Waals surface area contributed by atoms with Crippen LogP contribution in [-0.4, -0.2) is 120 Å². The minimum Gasteiger partial charge on any atom is -0.444 e. The van der Waals surface area contributed by atoms with Crippen LogP contribution >= 0.6 is 15.9 Å². The number of unbranched alkanes of at least 4 members (excludes halogenated alkanes) is 2. The summed E-state index contributed by atoms with van der Waals surface area (Å²) in [5.41, 5.74) is 8.04. The van der Waals surface area contributed by atoms with Crippen LogP contribution in [0.2, 0.25) is 0 Å². The molecule has 0 unspecified atom stereocenters. The van der Waals surface area contributed by atoms with Crippen LogP contribution in [0, 0.1) is 0 Å². The SMILES string of the molecule is CCCCn1c([C@@H]2CCCN(C(=O)C[C@@H](Cc3ccc(-c4ccccc4)cc3)NC(=O)OC(C)(C)C)C2)nc2ccccc21.CCCCn1c([C@@H]2CCCN(C(=O)C[C@@H](Cc3ccc(Br)cc3)NC(=O)OC(C)(C)C)C2)nc2ccccc21.OB(O)c1ccccc1. The van der Waals surface area contributed by atoms with Gasteiger partial charge in [0.15, 0.2) is 0 Å². The summed E-state index contributed by atoms with van der Waals surface area (Å²) in [5, 5.41) is 23.1. The van der Waals surface area contributed by atoms with E-state index < -0.39 is 36.5 Å². The van der Waals surface area contributed by atoms with Crippen LogP contribution in [0.25, 0.3) is 33.2 Å². The molecule has 10 rings (SSSR count). The topological polar surface area (TPSA) is 193 Å². The first kappa shape index (κ1) is 70.1. The van der Waals surface area contributed by atoms with Gasteiger partial charge in [-0.15, -0.1) is 0 Å². The summed E-state index contributed by atoms with van der Waals surface area (Å²) in [4.78, 5) is 66.9. The molecule has 16 nitrogen and oxygen atoms in total. The Morgan fingerprint density at radius 3 is 1.35 bits per heavy atom. The molecule has 0 saturated carbocycles. The minimum atomic E-state index is -1.34. The second kappa shape index (κ2) is 33.7. The number of carbonyl (C=O) groups is 4. The summed E-state index contributed by atoms with van der Waals surface area (Å²) >= 11 is 3.47. The van der Waals surface area contributed by atoms with E-state index in [0.717, 1.165) is 127 Å². The van der Waals surface area contributed by atoms with E-state index in [-0.39, 0.29) is 42.5 Å². The van der Waals surface area contributed by atoms with Crippen molar-refractivity contribution < 1.29 is 38.7 Å². The van der Waals surface area contributed by atoms with E-state index >= 15 is 0 Å². The Bertz CT molecular complexity index is 3620. The van der Waals surface area contributed by atoms with E-state index in [4.69, 9.17) is 29.5 Å². The number of likely N-dealkylation sites (tertiary alicyclic amines) is 2. The monoisotopic (exact) mass is 1310 g/mol. The number of halogens is 1. The van der Waals surface area contributed by atoms with Gasteiger partial charge in [-0.25, -0.2) is 19.6 Å². The Hall–Kier alpha value is -7.80. The number of carbonyl (C=O) groups excluding carboxylic acids is 4. The fourth-order valence-corrected chi connectivity index (χ4v) is 12.3. The first-order chi connectivity index (χ1) is 44.1. The molecule has 92 heavy (non-hydrogen) atoms. The van der Waals surface area contributed by atoms with Gasteiger partial charge in [0.1, 0.15) is 22.9 Å². The highest BCUT2D eigenvalue weighted by atomic mass is 79.9. The van der Waals surface area contributed by atoms with Gasteiger partial charge in [-0.1, -0.05) is 164 Å². The van der Waals surface area contributed by atoms with E-state index in [0.29, 0.717) is 31.4 Å². The third kappa shape index (κ3) is 21.1. The van der Waals surface area contributed by atoms with E-state index in [2.05, 4.69) is 122 Å². The summed E-state index contributed by atoms with van der Waals surface area (Å²) in [6.07, 6.45) is 8.79. The number of imidazole rings is 2. The molecular weight excluding hydrogens is 1220 g/mol. The lowest BCUT2D eigenvalue weighted by Gasteiger charge is -2.34. The number of rotatable bonds is 20. The zero-order valence-electron chi connectivity index (χ0n) is 55.0.